The molecule has 0 saturated carbocycles. The van der Waals surface area contributed by atoms with Gasteiger partial charge in [-0.3, -0.25) is 0 Å². The van der Waals surface area contributed by atoms with Gasteiger partial charge in [-0.25, -0.2) is 0 Å². The van der Waals surface area contributed by atoms with Crippen molar-refractivity contribution in [2.45, 2.75) is 26.3 Å². The summed E-state index contributed by atoms with van der Waals surface area (Å²) >= 11 is 0. The van der Waals surface area contributed by atoms with Crippen LogP contribution in [0.3, 0.4) is 0 Å². The van der Waals surface area contributed by atoms with E-state index in [9.17, 15) is 0 Å². The van der Waals surface area contributed by atoms with E-state index in [4.69, 9.17) is 4.74 Å². The van der Waals surface area contributed by atoms with Crippen LogP contribution in [0.5, 0.6) is 0 Å². The van der Waals surface area contributed by atoms with E-state index in [0.29, 0.717) is 0 Å². The minimum atomic E-state index is 0.871. The number of nitrogens with zero attached hydrogens (tertiary/aromatic N) is 1. The molecule has 1 heterocycles. The molecule has 3 heteroatoms. The summed E-state index contributed by atoms with van der Waals surface area (Å²) in [6.07, 6.45) is 6.41. The van der Waals surface area contributed by atoms with Crippen LogP contribution in [0.2, 0.25) is 0 Å². The maximum absolute atomic E-state index is 5.40. The molecule has 0 fully saturated rings. The van der Waals surface area contributed by atoms with Gasteiger partial charge in [-0.05, 0) is 31.0 Å². The molecule has 1 aromatic heterocycles. The van der Waals surface area contributed by atoms with Crippen molar-refractivity contribution in [2.75, 3.05) is 19.8 Å². The highest BCUT2D eigenvalue weighted by molar-refractivity contribution is 5.09. The van der Waals surface area contributed by atoms with E-state index in [0.717, 1.165) is 39.1 Å². The van der Waals surface area contributed by atoms with Gasteiger partial charge in [0.1, 0.15) is 0 Å². The molecule has 0 amide bonds. The van der Waals surface area contributed by atoms with Gasteiger partial charge in [0, 0.05) is 39.2 Å². The van der Waals surface area contributed by atoms with Crippen molar-refractivity contribution >= 4 is 0 Å². The minimum Gasteiger partial charge on any atom is -0.381 e. The normalized spacial score (nSPS) is 10.8. The van der Waals surface area contributed by atoms with Crippen molar-refractivity contribution < 1.29 is 4.74 Å². The predicted molar refractivity (Wildman–Crippen MR) is 62.8 cm³/mol. The zero-order valence-electron chi connectivity index (χ0n) is 9.83. The van der Waals surface area contributed by atoms with E-state index in [2.05, 4.69) is 35.3 Å². The lowest BCUT2D eigenvalue weighted by atomic mass is 10.3. The summed E-state index contributed by atoms with van der Waals surface area (Å²) in [5.41, 5.74) is 1.34. The molecule has 0 aliphatic rings. The highest BCUT2D eigenvalue weighted by Crippen LogP contribution is 1.98. The fourth-order valence-electron chi connectivity index (χ4n) is 1.44. The van der Waals surface area contributed by atoms with Crippen LogP contribution in [0.15, 0.2) is 18.5 Å². The third-order valence-corrected chi connectivity index (χ3v) is 2.21. The Kier molecular flexibility index (Phi) is 6.12. The number of hydrogen-bond donors (Lipinski definition) is 1. The van der Waals surface area contributed by atoms with E-state index < -0.39 is 0 Å². The molecule has 1 N–H and O–H groups in total. The van der Waals surface area contributed by atoms with Gasteiger partial charge in [0.15, 0.2) is 0 Å². The highest BCUT2D eigenvalue weighted by atomic mass is 16.5. The molecule has 0 spiro atoms. The Bertz CT molecular complexity index is 258. The zero-order chi connectivity index (χ0) is 10.9. The van der Waals surface area contributed by atoms with Gasteiger partial charge >= 0.3 is 0 Å². The zero-order valence-corrected chi connectivity index (χ0v) is 9.83. The van der Waals surface area contributed by atoms with E-state index in [1.807, 2.05) is 7.05 Å². The molecule has 0 unspecified atom stereocenters. The maximum Gasteiger partial charge on any atom is 0.0478 e. The predicted octanol–water partition coefficient (Wildman–Crippen LogP) is 1.93. The van der Waals surface area contributed by atoms with Crippen molar-refractivity contribution in [1.29, 1.82) is 0 Å². The van der Waals surface area contributed by atoms with Gasteiger partial charge in [-0.2, -0.15) is 0 Å². The fourth-order valence-corrected chi connectivity index (χ4v) is 1.44. The quantitative estimate of drug-likeness (QED) is 0.664. The molecule has 0 aliphatic carbocycles. The van der Waals surface area contributed by atoms with Gasteiger partial charge < -0.3 is 14.6 Å². The topological polar surface area (TPSA) is 26.2 Å². The van der Waals surface area contributed by atoms with Crippen molar-refractivity contribution in [1.82, 2.24) is 9.88 Å². The van der Waals surface area contributed by atoms with Crippen LogP contribution in [0.1, 0.15) is 25.3 Å². The number of aromatic nitrogens is 1. The third kappa shape index (κ3) is 5.60. The lowest BCUT2D eigenvalue weighted by molar-refractivity contribution is 0.132. The molecule has 15 heavy (non-hydrogen) atoms. The van der Waals surface area contributed by atoms with E-state index in [-0.39, 0.29) is 0 Å². The third-order valence-electron chi connectivity index (χ3n) is 2.21. The van der Waals surface area contributed by atoms with Crippen molar-refractivity contribution in [3.8, 4) is 0 Å². The summed E-state index contributed by atoms with van der Waals surface area (Å²) in [6.45, 7) is 5.87. The van der Waals surface area contributed by atoms with Crippen LogP contribution in [0, 0.1) is 0 Å². The second-order valence-corrected chi connectivity index (χ2v) is 3.83. The highest BCUT2D eigenvalue weighted by Gasteiger charge is 1.93. The molecule has 1 rings (SSSR count). The van der Waals surface area contributed by atoms with Crippen LogP contribution in [0.25, 0.3) is 0 Å². The number of nitrogens with one attached hydrogen (secondary N) is 1. The van der Waals surface area contributed by atoms with Gasteiger partial charge in [0.05, 0.1) is 0 Å². The summed E-state index contributed by atoms with van der Waals surface area (Å²) in [7, 11) is 2.04. The van der Waals surface area contributed by atoms with Crippen LogP contribution in [-0.2, 0) is 18.3 Å². The van der Waals surface area contributed by atoms with Gasteiger partial charge in [-0.15, -0.1) is 0 Å². The smallest absolute Gasteiger partial charge is 0.0478 e. The lowest BCUT2D eigenvalue weighted by Crippen LogP contribution is -2.16. The van der Waals surface area contributed by atoms with Gasteiger partial charge in [0.25, 0.3) is 0 Å². The van der Waals surface area contributed by atoms with Crippen LogP contribution in [0.4, 0.5) is 0 Å². The Morgan fingerprint density at radius 1 is 1.40 bits per heavy atom. The summed E-state index contributed by atoms with van der Waals surface area (Å²) < 4.78 is 7.47. The molecule has 0 radical (unpaired) electrons. The first-order valence-corrected chi connectivity index (χ1v) is 5.72. The molecule has 0 saturated heterocycles. The number of rotatable bonds is 8. The second kappa shape index (κ2) is 7.49. The van der Waals surface area contributed by atoms with Gasteiger partial charge in [-0.1, -0.05) is 6.92 Å². The molecular weight excluding hydrogens is 188 g/mol. The average Bonchev–Trinajstić information content (AvgIpc) is 2.63. The van der Waals surface area contributed by atoms with Gasteiger partial charge in [0.2, 0.25) is 0 Å². The van der Waals surface area contributed by atoms with Crippen molar-refractivity contribution in [3.05, 3.63) is 24.0 Å². The first-order chi connectivity index (χ1) is 7.33. The monoisotopic (exact) mass is 210 g/mol. The molecular formula is C12H22N2O. The summed E-state index contributed by atoms with van der Waals surface area (Å²) in [5.74, 6) is 0. The number of hydrogen-bond acceptors (Lipinski definition) is 2. The Morgan fingerprint density at radius 3 is 2.93 bits per heavy atom. The van der Waals surface area contributed by atoms with E-state index >= 15 is 0 Å². The molecule has 3 nitrogen and oxygen atoms in total. The van der Waals surface area contributed by atoms with E-state index in [1.165, 1.54) is 5.56 Å². The first-order valence-electron chi connectivity index (χ1n) is 5.72. The largest absolute Gasteiger partial charge is 0.381 e. The molecule has 86 valence electrons. The van der Waals surface area contributed by atoms with Crippen LogP contribution in [-0.4, -0.2) is 24.3 Å². The fraction of sp³-hybridized carbons (Fsp3) is 0.667. The minimum absolute atomic E-state index is 0.871. The first kappa shape index (κ1) is 12.3. The van der Waals surface area contributed by atoms with Crippen molar-refractivity contribution in [3.63, 3.8) is 0 Å². The van der Waals surface area contributed by atoms with Crippen LogP contribution < -0.4 is 5.32 Å². The van der Waals surface area contributed by atoms with Crippen molar-refractivity contribution in [2.24, 2.45) is 7.05 Å². The molecule has 0 bridgehead atoms. The molecule has 0 atom stereocenters. The summed E-state index contributed by atoms with van der Waals surface area (Å²) in [4.78, 5) is 0. The Morgan fingerprint density at radius 2 is 2.27 bits per heavy atom. The molecule has 1 aromatic rings. The van der Waals surface area contributed by atoms with E-state index in [1.54, 1.807) is 0 Å². The Balaban J connectivity index is 1.93. The Labute approximate surface area is 92.4 Å². The maximum atomic E-state index is 5.40. The summed E-state index contributed by atoms with van der Waals surface area (Å²) in [6, 6.07) is 2.14. The Hall–Kier alpha value is -0.800. The second-order valence-electron chi connectivity index (χ2n) is 3.83. The standard InChI is InChI=1S/C12H22N2O/c1-3-8-15-9-4-6-13-10-12-5-7-14(2)11-12/h5,7,11,13H,3-4,6,8-10H2,1-2H3. The number of aryl methyl sites for hydroxylation is 1. The summed E-state index contributed by atoms with van der Waals surface area (Å²) in [5, 5.41) is 3.40. The molecule has 0 aromatic carbocycles. The van der Waals surface area contributed by atoms with Crippen LogP contribution >= 0.6 is 0 Å². The SMILES string of the molecule is CCCOCCCNCc1ccn(C)c1. The number of ether oxygens (including phenoxy) is 1. The molecule has 0 aliphatic heterocycles. The average molecular weight is 210 g/mol. The lowest BCUT2D eigenvalue weighted by Gasteiger charge is -2.04.